The Bertz CT molecular complexity index is 407. The maximum Gasteiger partial charge on any atom is 0.124 e. The lowest BCUT2D eigenvalue weighted by Gasteiger charge is -2.27. The molecule has 0 aliphatic rings. The van der Waals surface area contributed by atoms with Crippen LogP contribution in [0.15, 0.2) is 24.3 Å². The van der Waals surface area contributed by atoms with Crippen molar-refractivity contribution in [1.82, 2.24) is 4.90 Å². The van der Waals surface area contributed by atoms with E-state index in [1.807, 2.05) is 31.2 Å². The molecule has 1 aromatic rings. The minimum Gasteiger partial charge on any atom is -0.383 e. The first-order chi connectivity index (χ1) is 9.24. The zero-order valence-corrected chi connectivity index (χ0v) is 11.9. The molecule has 0 N–H and O–H groups in total. The van der Waals surface area contributed by atoms with Crippen molar-refractivity contribution in [1.29, 1.82) is 5.26 Å². The summed E-state index contributed by atoms with van der Waals surface area (Å²) in [6.45, 7) is 4.67. The molecule has 0 radical (unpaired) electrons. The number of nitrogens with zero attached hydrogens (tertiary/aromatic N) is 2. The summed E-state index contributed by atoms with van der Waals surface area (Å²) in [6, 6.07) is 10.1. The highest BCUT2D eigenvalue weighted by atomic mass is 16.5. The minimum atomic E-state index is -0.258. The van der Waals surface area contributed by atoms with Gasteiger partial charge in [-0.3, -0.25) is 4.90 Å². The molecule has 0 saturated carbocycles. The van der Waals surface area contributed by atoms with Gasteiger partial charge in [-0.1, -0.05) is 24.3 Å². The zero-order valence-electron chi connectivity index (χ0n) is 11.9. The second-order valence-corrected chi connectivity index (χ2v) is 4.41. The Kier molecular flexibility index (Phi) is 7.12. The molecule has 1 rings (SSSR count). The van der Waals surface area contributed by atoms with Gasteiger partial charge < -0.3 is 9.47 Å². The fourth-order valence-electron chi connectivity index (χ4n) is 2.03. The summed E-state index contributed by atoms with van der Waals surface area (Å²) in [5.74, 6) is 0. The largest absolute Gasteiger partial charge is 0.383 e. The number of rotatable bonds is 8. The maximum absolute atomic E-state index is 9.50. The van der Waals surface area contributed by atoms with Gasteiger partial charge in [-0.25, -0.2) is 0 Å². The summed E-state index contributed by atoms with van der Waals surface area (Å²) < 4.78 is 10.2. The van der Waals surface area contributed by atoms with Crippen LogP contribution >= 0.6 is 0 Å². The fraction of sp³-hybridized carbons (Fsp3) is 0.533. The second-order valence-electron chi connectivity index (χ2n) is 4.41. The monoisotopic (exact) mass is 262 g/mol. The van der Waals surface area contributed by atoms with Crippen LogP contribution in [0.5, 0.6) is 0 Å². The van der Waals surface area contributed by atoms with E-state index in [1.54, 1.807) is 14.2 Å². The average molecular weight is 262 g/mol. The molecular weight excluding hydrogens is 240 g/mol. The van der Waals surface area contributed by atoms with Gasteiger partial charge in [0.25, 0.3) is 0 Å². The predicted molar refractivity (Wildman–Crippen MR) is 74.9 cm³/mol. The Morgan fingerprint density at radius 1 is 1.16 bits per heavy atom. The number of aryl methyl sites for hydroxylation is 1. The van der Waals surface area contributed by atoms with Gasteiger partial charge in [-0.05, 0) is 18.1 Å². The van der Waals surface area contributed by atoms with Crippen LogP contribution < -0.4 is 0 Å². The van der Waals surface area contributed by atoms with Crippen molar-refractivity contribution in [2.45, 2.75) is 13.0 Å². The van der Waals surface area contributed by atoms with Gasteiger partial charge in [-0.2, -0.15) is 5.26 Å². The number of hydrogen-bond donors (Lipinski definition) is 0. The quantitative estimate of drug-likeness (QED) is 0.720. The summed E-state index contributed by atoms with van der Waals surface area (Å²) in [5.41, 5.74) is 2.19. The number of benzene rings is 1. The predicted octanol–water partition coefficient (Wildman–Crippen LogP) is 2.15. The topological polar surface area (TPSA) is 45.5 Å². The molecule has 1 aromatic carbocycles. The van der Waals surface area contributed by atoms with Crippen molar-refractivity contribution < 1.29 is 9.47 Å². The van der Waals surface area contributed by atoms with Crippen LogP contribution in [-0.2, 0) is 9.47 Å². The second kappa shape index (κ2) is 8.65. The molecule has 0 bridgehead atoms. The van der Waals surface area contributed by atoms with Gasteiger partial charge in [0.05, 0.1) is 19.3 Å². The summed E-state index contributed by atoms with van der Waals surface area (Å²) in [7, 11) is 3.34. The van der Waals surface area contributed by atoms with E-state index in [4.69, 9.17) is 9.47 Å². The third kappa shape index (κ3) is 4.64. The number of hydrogen-bond acceptors (Lipinski definition) is 4. The lowest BCUT2D eigenvalue weighted by Crippen LogP contribution is -2.34. The van der Waals surface area contributed by atoms with E-state index < -0.39 is 0 Å². The Balaban J connectivity index is 2.89. The summed E-state index contributed by atoms with van der Waals surface area (Å²) in [6.07, 6.45) is 0. The van der Waals surface area contributed by atoms with Gasteiger partial charge >= 0.3 is 0 Å². The molecule has 4 heteroatoms. The molecule has 0 heterocycles. The molecule has 1 atom stereocenters. The Labute approximate surface area is 115 Å². The highest BCUT2D eigenvalue weighted by Crippen LogP contribution is 2.22. The van der Waals surface area contributed by atoms with E-state index in [0.29, 0.717) is 26.3 Å². The molecule has 0 aliphatic carbocycles. The number of methoxy groups -OCH3 is 2. The van der Waals surface area contributed by atoms with Gasteiger partial charge in [0.2, 0.25) is 0 Å². The van der Waals surface area contributed by atoms with Crippen molar-refractivity contribution >= 4 is 0 Å². The van der Waals surface area contributed by atoms with E-state index in [2.05, 4.69) is 11.0 Å². The van der Waals surface area contributed by atoms with E-state index >= 15 is 0 Å². The van der Waals surface area contributed by atoms with E-state index in [0.717, 1.165) is 11.1 Å². The SMILES string of the molecule is COCCN(CCOC)C(C#N)c1ccccc1C. The first-order valence-corrected chi connectivity index (χ1v) is 6.41. The third-order valence-electron chi connectivity index (χ3n) is 3.14. The van der Waals surface area contributed by atoms with Crippen LogP contribution in [-0.4, -0.2) is 45.4 Å². The van der Waals surface area contributed by atoms with E-state index in [1.165, 1.54) is 0 Å². The van der Waals surface area contributed by atoms with Crippen LogP contribution in [0.3, 0.4) is 0 Å². The summed E-state index contributed by atoms with van der Waals surface area (Å²) in [4.78, 5) is 2.09. The maximum atomic E-state index is 9.50. The molecule has 0 spiro atoms. The fourth-order valence-corrected chi connectivity index (χ4v) is 2.03. The standard InChI is InChI=1S/C15H22N2O2/c1-13-6-4-5-7-14(13)15(12-16)17(8-10-18-2)9-11-19-3/h4-7,15H,8-11H2,1-3H3. The molecule has 104 valence electrons. The van der Waals surface area contributed by atoms with Crippen LogP contribution in [0.1, 0.15) is 17.2 Å². The lowest BCUT2D eigenvalue weighted by molar-refractivity contribution is 0.101. The van der Waals surface area contributed by atoms with E-state index in [9.17, 15) is 5.26 Å². The van der Waals surface area contributed by atoms with Crippen molar-refractivity contribution in [2.24, 2.45) is 0 Å². The lowest BCUT2D eigenvalue weighted by atomic mass is 10.0. The first-order valence-electron chi connectivity index (χ1n) is 6.41. The van der Waals surface area contributed by atoms with Crippen LogP contribution in [0.2, 0.25) is 0 Å². The molecule has 0 fully saturated rings. The molecule has 0 amide bonds. The first kappa shape index (κ1) is 15.6. The van der Waals surface area contributed by atoms with Crippen LogP contribution in [0, 0.1) is 18.3 Å². The van der Waals surface area contributed by atoms with Crippen LogP contribution in [0.25, 0.3) is 0 Å². The zero-order chi connectivity index (χ0) is 14.1. The highest BCUT2D eigenvalue weighted by Gasteiger charge is 2.20. The molecule has 0 saturated heterocycles. The van der Waals surface area contributed by atoms with Gasteiger partial charge in [-0.15, -0.1) is 0 Å². The summed E-state index contributed by atoms with van der Waals surface area (Å²) >= 11 is 0. The van der Waals surface area contributed by atoms with Gasteiger partial charge in [0, 0.05) is 27.3 Å². The van der Waals surface area contributed by atoms with Gasteiger partial charge in [0.1, 0.15) is 6.04 Å². The average Bonchev–Trinajstić information content (AvgIpc) is 2.43. The molecule has 0 aromatic heterocycles. The highest BCUT2D eigenvalue weighted by molar-refractivity contribution is 5.32. The third-order valence-corrected chi connectivity index (χ3v) is 3.14. The molecule has 4 nitrogen and oxygen atoms in total. The molecular formula is C15H22N2O2. The number of ether oxygens (including phenoxy) is 2. The normalized spacial score (nSPS) is 12.4. The summed E-state index contributed by atoms with van der Waals surface area (Å²) in [5, 5.41) is 9.50. The van der Waals surface area contributed by atoms with Crippen molar-refractivity contribution in [3.8, 4) is 6.07 Å². The Morgan fingerprint density at radius 2 is 1.74 bits per heavy atom. The number of nitriles is 1. The van der Waals surface area contributed by atoms with Crippen molar-refractivity contribution in [3.05, 3.63) is 35.4 Å². The minimum absolute atomic E-state index is 0.258. The van der Waals surface area contributed by atoms with Crippen LogP contribution in [0.4, 0.5) is 0 Å². The Morgan fingerprint density at radius 3 is 2.21 bits per heavy atom. The smallest absolute Gasteiger partial charge is 0.124 e. The van der Waals surface area contributed by atoms with Crippen molar-refractivity contribution in [3.63, 3.8) is 0 Å². The Hall–Kier alpha value is -1.41. The van der Waals surface area contributed by atoms with Crippen molar-refractivity contribution in [2.75, 3.05) is 40.5 Å². The van der Waals surface area contributed by atoms with E-state index in [-0.39, 0.29) is 6.04 Å². The molecule has 19 heavy (non-hydrogen) atoms. The molecule has 1 unspecified atom stereocenters. The van der Waals surface area contributed by atoms with Gasteiger partial charge in [0.15, 0.2) is 0 Å². The molecule has 0 aliphatic heterocycles.